The summed E-state index contributed by atoms with van der Waals surface area (Å²) in [6, 6.07) is 14.8. The van der Waals surface area contributed by atoms with Crippen LogP contribution >= 0.6 is 0 Å². The van der Waals surface area contributed by atoms with Crippen LogP contribution in [0.15, 0.2) is 48.7 Å². The minimum atomic E-state index is -4.38. The molecule has 136 valence electrons. The normalized spacial score (nSPS) is 12.5. The molecule has 1 N–H and O–H groups in total. The summed E-state index contributed by atoms with van der Waals surface area (Å²) in [6.45, 7) is 0. The number of halogens is 3. The molecule has 0 bridgehead atoms. The minimum absolute atomic E-state index is 0.164. The SMILES string of the molecule is N#CCCCC(c1ccc(C(F)(F)F)cc1)c1c[nH]c2c(C#N)cccc12. The second-order valence-corrected chi connectivity index (χ2v) is 6.31. The van der Waals surface area contributed by atoms with E-state index in [1.165, 1.54) is 12.1 Å². The molecule has 27 heavy (non-hydrogen) atoms. The van der Waals surface area contributed by atoms with Crippen molar-refractivity contribution < 1.29 is 13.2 Å². The third-order valence-corrected chi connectivity index (χ3v) is 4.67. The van der Waals surface area contributed by atoms with Crippen molar-refractivity contribution in [2.75, 3.05) is 0 Å². The van der Waals surface area contributed by atoms with Crippen LogP contribution in [-0.2, 0) is 6.18 Å². The Hall–Kier alpha value is -3.25. The van der Waals surface area contributed by atoms with E-state index in [4.69, 9.17) is 5.26 Å². The fourth-order valence-electron chi connectivity index (χ4n) is 3.35. The molecule has 0 spiro atoms. The summed E-state index contributed by atoms with van der Waals surface area (Å²) in [5.41, 5.74) is 2.21. The molecule has 1 atom stereocenters. The van der Waals surface area contributed by atoms with Crippen LogP contribution in [0.5, 0.6) is 0 Å². The van der Waals surface area contributed by atoms with Crippen molar-refractivity contribution in [2.24, 2.45) is 0 Å². The molecule has 1 heterocycles. The molecule has 1 unspecified atom stereocenters. The summed E-state index contributed by atoms with van der Waals surface area (Å²) in [6.07, 6.45) is -0.935. The Balaban J connectivity index is 2.05. The number of nitrogens with zero attached hydrogens (tertiary/aromatic N) is 2. The zero-order valence-corrected chi connectivity index (χ0v) is 14.3. The molecule has 3 rings (SSSR count). The maximum atomic E-state index is 12.9. The Labute approximate surface area is 154 Å². The Kier molecular flexibility index (Phi) is 5.19. The van der Waals surface area contributed by atoms with Crippen molar-refractivity contribution in [2.45, 2.75) is 31.4 Å². The van der Waals surface area contributed by atoms with Gasteiger partial charge in [0.15, 0.2) is 0 Å². The molecule has 6 heteroatoms. The van der Waals surface area contributed by atoms with E-state index in [-0.39, 0.29) is 5.92 Å². The molecule has 0 fully saturated rings. The number of nitrogens with one attached hydrogen (secondary N) is 1. The van der Waals surface area contributed by atoms with E-state index in [1.807, 2.05) is 6.07 Å². The summed E-state index contributed by atoms with van der Waals surface area (Å²) in [7, 11) is 0. The molecular weight excluding hydrogens is 351 g/mol. The van der Waals surface area contributed by atoms with Gasteiger partial charge in [-0.1, -0.05) is 24.3 Å². The standard InChI is InChI=1S/C21H16F3N3/c22-21(23,24)16-9-7-14(8-10-16)17(5-1-2-11-25)19-13-27-20-15(12-26)4-3-6-18(19)20/h3-4,6-10,13,17,27H,1-2,5H2. The van der Waals surface area contributed by atoms with Gasteiger partial charge in [-0.3, -0.25) is 0 Å². The zero-order valence-electron chi connectivity index (χ0n) is 14.3. The summed E-state index contributed by atoms with van der Waals surface area (Å²) in [4.78, 5) is 3.12. The van der Waals surface area contributed by atoms with Gasteiger partial charge in [-0.15, -0.1) is 0 Å². The Bertz CT molecular complexity index is 1020. The Morgan fingerprint density at radius 3 is 2.41 bits per heavy atom. The topological polar surface area (TPSA) is 63.4 Å². The van der Waals surface area contributed by atoms with Crippen LogP contribution in [0.2, 0.25) is 0 Å². The van der Waals surface area contributed by atoms with E-state index < -0.39 is 11.7 Å². The molecule has 0 aliphatic heterocycles. The molecule has 2 aromatic carbocycles. The van der Waals surface area contributed by atoms with Gasteiger partial charge in [-0.2, -0.15) is 23.7 Å². The molecule has 0 saturated carbocycles. The number of unbranched alkanes of at least 4 members (excludes halogenated alkanes) is 1. The van der Waals surface area contributed by atoms with Crippen LogP contribution in [0.1, 0.15) is 47.4 Å². The van der Waals surface area contributed by atoms with E-state index in [0.717, 1.165) is 28.6 Å². The van der Waals surface area contributed by atoms with Gasteiger partial charge in [0.2, 0.25) is 0 Å². The lowest BCUT2D eigenvalue weighted by molar-refractivity contribution is -0.137. The maximum absolute atomic E-state index is 12.9. The van der Waals surface area contributed by atoms with Gasteiger partial charge in [0.25, 0.3) is 0 Å². The van der Waals surface area contributed by atoms with Crippen LogP contribution < -0.4 is 0 Å². The number of fused-ring (bicyclic) bond motifs is 1. The first-order valence-electron chi connectivity index (χ1n) is 8.50. The second-order valence-electron chi connectivity index (χ2n) is 6.31. The van der Waals surface area contributed by atoms with E-state index in [9.17, 15) is 18.4 Å². The van der Waals surface area contributed by atoms with E-state index >= 15 is 0 Å². The first kappa shape index (κ1) is 18.5. The predicted molar refractivity (Wildman–Crippen MR) is 95.8 cm³/mol. The summed E-state index contributed by atoms with van der Waals surface area (Å²) < 4.78 is 38.6. The number of hydrogen-bond donors (Lipinski definition) is 1. The number of aromatic amines is 1. The largest absolute Gasteiger partial charge is 0.416 e. The van der Waals surface area contributed by atoms with Crippen molar-refractivity contribution in [1.82, 2.24) is 4.98 Å². The highest BCUT2D eigenvalue weighted by atomic mass is 19.4. The number of benzene rings is 2. The number of H-pyrrole nitrogens is 1. The third kappa shape index (κ3) is 3.80. The number of alkyl halides is 3. The van der Waals surface area contributed by atoms with Crippen LogP contribution in [0.4, 0.5) is 13.2 Å². The highest BCUT2D eigenvalue weighted by Gasteiger charge is 2.30. The molecule has 1 aromatic heterocycles. The smallest absolute Gasteiger partial charge is 0.360 e. The molecule has 3 nitrogen and oxygen atoms in total. The fourth-order valence-corrected chi connectivity index (χ4v) is 3.35. The highest BCUT2D eigenvalue weighted by Crippen LogP contribution is 2.37. The van der Waals surface area contributed by atoms with Gasteiger partial charge >= 0.3 is 6.18 Å². The second kappa shape index (κ2) is 7.55. The van der Waals surface area contributed by atoms with Crippen LogP contribution in [0.3, 0.4) is 0 Å². The monoisotopic (exact) mass is 367 g/mol. The number of nitriles is 2. The lowest BCUT2D eigenvalue weighted by Gasteiger charge is -2.18. The first-order valence-corrected chi connectivity index (χ1v) is 8.50. The van der Waals surface area contributed by atoms with E-state index in [2.05, 4.69) is 17.1 Å². The van der Waals surface area contributed by atoms with Gasteiger partial charge in [0, 0.05) is 23.9 Å². The Morgan fingerprint density at radius 1 is 1.04 bits per heavy atom. The van der Waals surface area contributed by atoms with Crippen LogP contribution in [0.25, 0.3) is 10.9 Å². The lowest BCUT2D eigenvalue weighted by atomic mass is 9.86. The van der Waals surface area contributed by atoms with Crippen LogP contribution in [0, 0.1) is 22.7 Å². The average molecular weight is 367 g/mol. The number of para-hydroxylation sites is 1. The van der Waals surface area contributed by atoms with Gasteiger partial charge in [-0.05, 0) is 42.2 Å². The molecule has 0 aliphatic carbocycles. The summed E-state index contributed by atoms with van der Waals surface area (Å²) in [5, 5.41) is 19.0. The average Bonchev–Trinajstić information content (AvgIpc) is 3.09. The van der Waals surface area contributed by atoms with Gasteiger partial charge < -0.3 is 4.98 Å². The quantitative estimate of drug-likeness (QED) is 0.572. The molecule has 0 amide bonds. The summed E-state index contributed by atoms with van der Waals surface area (Å²) >= 11 is 0. The zero-order chi connectivity index (χ0) is 19.4. The highest BCUT2D eigenvalue weighted by molar-refractivity contribution is 5.88. The van der Waals surface area contributed by atoms with E-state index in [0.29, 0.717) is 30.3 Å². The fraction of sp³-hybridized carbons (Fsp3) is 0.238. The van der Waals surface area contributed by atoms with Gasteiger partial charge in [0.1, 0.15) is 6.07 Å². The predicted octanol–water partition coefficient (Wildman–Crippen LogP) is 5.88. The third-order valence-electron chi connectivity index (χ3n) is 4.67. The first-order chi connectivity index (χ1) is 13.0. The van der Waals surface area contributed by atoms with Crippen molar-refractivity contribution in [3.8, 4) is 12.1 Å². The van der Waals surface area contributed by atoms with Crippen molar-refractivity contribution in [3.63, 3.8) is 0 Å². The molecule has 3 aromatic rings. The molecular formula is C21H16F3N3. The summed E-state index contributed by atoms with van der Waals surface area (Å²) in [5.74, 6) is -0.164. The van der Waals surface area contributed by atoms with Gasteiger partial charge in [-0.25, -0.2) is 0 Å². The molecule has 0 saturated heterocycles. The minimum Gasteiger partial charge on any atom is -0.360 e. The Morgan fingerprint density at radius 2 is 1.78 bits per heavy atom. The van der Waals surface area contributed by atoms with Crippen LogP contribution in [-0.4, -0.2) is 4.98 Å². The number of hydrogen-bond acceptors (Lipinski definition) is 2. The van der Waals surface area contributed by atoms with Crippen molar-refractivity contribution in [3.05, 3.63) is 70.9 Å². The van der Waals surface area contributed by atoms with E-state index in [1.54, 1.807) is 18.3 Å². The number of aromatic nitrogens is 1. The molecule has 0 radical (unpaired) electrons. The molecule has 0 aliphatic rings. The number of rotatable bonds is 5. The maximum Gasteiger partial charge on any atom is 0.416 e. The van der Waals surface area contributed by atoms with Crippen molar-refractivity contribution in [1.29, 1.82) is 10.5 Å². The van der Waals surface area contributed by atoms with Gasteiger partial charge in [0.05, 0.1) is 22.7 Å². The van der Waals surface area contributed by atoms with Crippen molar-refractivity contribution >= 4 is 10.9 Å². The lowest BCUT2D eigenvalue weighted by Crippen LogP contribution is -2.06.